The zero-order valence-electron chi connectivity index (χ0n) is 13.1. The van der Waals surface area contributed by atoms with Gasteiger partial charge in [-0.3, -0.25) is 4.79 Å². The molecule has 25 heavy (non-hydrogen) atoms. The molecule has 0 unspecified atom stereocenters. The van der Waals surface area contributed by atoms with Gasteiger partial charge in [-0.05, 0) is 31.0 Å². The van der Waals surface area contributed by atoms with Crippen LogP contribution < -0.4 is 14.8 Å². The van der Waals surface area contributed by atoms with Gasteiger partial charge in [0, 0.05) is 28.8 Å². The fourth-order valence-corrected chi connectivity index (χ4v) is 2.76. The van der Waals surface area contributed by atoms with Crippen molar-refractivity contribution in [3.8, 4) is 22.6 Å². The molecular formula is C17H13ClF2N2O3. The number of pyridine rings is 1. The van der Waals surface area contributed by atoms with Crippen molar-refractivity contribution >= 4 is 23.3 Å². The van der Waals surface area contributed by atoms with Crippen molar-refractivity contribution in [3.05, 3.63) is 35.5 Å². The van der Waals surface area contributed by atoms with E-state index >= 15 is 0 Å². The Labute approximate surface area is 146 Å². The number of nitrogens with zero attached hydrogens (tertiary/aromatic N) is 1. The molecular weight excluding hydrogens is 354 g/mol. The Morgan fingerprint density at radius 3 is 2.52 bits per heavy atom. The number of amides is 1. The second kappa shape index (κ2) is 5.29. The van der Waals surface area contributed by atoms with E-state index in [1.807, 2.05) is 6.92 Å². The Morgan fingerprint density at radius 1 is 1.24 bits per heavy atom. The fourth-order valence-electron chi connectivity index (χ4n) is 2.50. The standard InChI is InChI=1S/C17H13ClF2N2O3/c1-16(4-5-16)15(23)22-14-3-2-9(8-21-14)10-6-12-13(7-11(10)18)25-17(19,20)24-12/h2-3,6-8H,4-5H2,1H3,(H,21,22,23). The molecule has 1 fully saturated rings. The van der Waals surface area contributed by atoms with Crippen LogP contribution in [-0.2, 0) is 4.79 Å². The number of ether oxygens (including phenoxy) is 2. The highest BCUT2D eigenvalue weighted by Crippen LogP contribution is 2.47. The Kier molecular flexibility index (Phi) is 3.40. The number of alkyl halides is 2. The van der Waals surface area contributed by atoms with E-state index in [0.717, 1.165) is 12.8 Å². The Hall–Kier alpha value is -2.41. The highest BCUT2D eigenvalue weighted by molar-refractivity contribution is 6.33. The van der Waals surface area contributed by atoms with Gasteiger partial charge in [-0.2, -0.15) is 0 Å². The van der Waals surface area contributed by atoms with Crippen LogP contribution in [0, 0.1) is 5.41 Å². The molecule has 5 nitrogen and oxygen atoms in total. The zero-order valence-corrected chi connectivity index (χ0v) is 13.9. The van der Waals surface area contributed by atoms with Gasteiger partial charge in [0.2, 0.25) is 5.91 Å². The molecule has 1 aromatic carbocycles. The maximum atomic E-state index is 13.1. The maximum absolute atomic E-state index is 13.1. The van der Waals surface area contributed by atoms with Crippen molar-refractivity contribution < 1.29 is 23.0 Å². The number of carbonyl (C=O) groups is 1. The summed E-state index contributed by atoms with van der Waals surface area (Å²) < 4.78 is 35.1. The average Bonchev–Trinajstić information content (AvgIpc) is 3.22. The first-order chi connectivity index (χ1) is 11.8. The smallest absolute Gasteiger partial charge is 0.395 e. The molecule has 8 heteroatoms. The average molecular weight is 367 g/mol. The van der Waals surface area contributed by atoms with Crippen LogP contribution in [0.4, 0.5) is 14.6 Å². The van der Waals surface area contributed by atoms with Gasteiger partial charge in [0.25, 0.3) is 0 Å². The molecule has 0 radical (unpaired) electrons. The predicted octanol–water partition coefficient (Wildman–Crippen LogP) is 4.46. The lowest BCUT2D eigenvalue weighted by molar-refractivity contribution is -0.286. The number of benzene rings is 1. The van der Waals surface area contributed by atoms with Gasteiger partial charge < -0.3 is 14.8 Å². The Morgan fingerprint density at radius 2 is 1.92 bits per heavy atom. The lowest BCUT2D eigenvalue weighted by Crippen LogP contribution is -2.25. The van der Waals surface area contributed by atoms with Crippen molar-refractivity contribution in [2.24, 2.45) is 5.41 Å². The minimum Gasteiger partial charge on any atom is -0.395 e. The van der Waals surface area contributed by atoms with Gasteiger partial charge in [0.15, 0.2) is 11.5 Å². The van der Waals surface area contributed by atoms with Crippen LogP contribution in [0.15, 0.2) is 30.5 Å². The van der Waals surface area contributed by atoms with Crippen LogP contribution in [0.3, 0.4) is 0 Å². The molecule has 1 aliphatic heterocycles. The van der Waals surface area contributed by atoms with Crippen molar-refractivity contribution in [1.82, 2.24) is 4.98 Å². The number of fused-ring (bicyclic) bond motifs is 1. The van der Waals surface area contributed by atoms with Gasteiger partial charge in [-0.1, -0.05) is 18.5 Å². The normalized spacial score (nSPS) is 18.7. The van der Waals surface area contributed by atoms with Crippen molar-refractivity contribution in [1.29, 1.82) is 0 Å². The Balaban J connectivity index is 1.58. The third-order valence-electron chi connectivity index (χ3n) is 4.36. The molecule has 0 atom stereocenters. The number of rotatable bonds is 3. The van der Waals surface area contributed by atoms with Gasteiger partial charge in [-0.25, -0.2) is 4.98 Å². The molecule has 130 valence electrons. The SMILES string of the molecule is CC1(C(=O)Nc2ccc(-c3cc4c(cc3Cl)OC(F)(F)O4)cn2)CC1. The van der Waals surface area contributed by atoms with Gasteiger partial charge in [0.1, 0.15) is 5.82 Å². The second-order valence-corrected chi connectivity index (χ2v) is 6.80. The topological polar surface area (TPSA) is 60.5 Å². The first-order valence-electron chi connectivity index (χ1n) is 7.63. The van der Waals surface area contributed by atoms with E-state index in [9.17, 15) is 13.6 Å². The maximum Gasteiger partial charge on any atom is 0.586 e. The summed E-state index contributed by atoms with van der Waals surface area (Å²) in [6.07, 6.45) is -0.454. The molecule has 1 aliphatic carbocycles. The summed E-state index contributed by atoms with van der Waals surface area (Å²) in [5.74, 6) is 0.151. The minimum atomic E-state index is -3.70. The predicted molar refractivity (Wildman–Crippen MR) is 86.9 cm³/mol. The van der Waals surface area contributed by atoms with Crippen LogP contribution >= 0.6 is 11.6 Å². The number of aromatic nitrogens is 1. The monoisotopic (exact) mass is 366 g/mol. The molecule has 2 aliphatic rings. The number of hydrogen-bond acceptors (Lipinski definition) is 4. The second-order valence-electron chi connectivity index (χ2n) is 6.39. The van der Waals surface area contributed by atoms with E-state index in [1.54, 1.807) is 12.1 Å². The van der Waals surface area contributed by atoms with Crippen molar-refractivity contribution in [2.75, 3.05) is 5.32 Å². The molecule has 2 heterocycles. The quantitative estimate of drug-likeness (QED) is 0.871. The van der Waals surface area contributed by atoms with Crippen molar-refractivity contribution in [3.63, 3.8) is 0 Å². The molecule has 1 aromatic heterocycles. The summed E-state index contributed by atoms with van der Waals surface area (Å²) in [5, 5.41) is 2.99. The first-order valence-corrected chi connectivity index (χ1v) is 8.01. The van der Waals surface area contributed by atoms with E-state index in [1.165, 1.54) is 18.3 Å². The highest BCUT2D eigenvalue weighted by Gasteiger charge is 2.45. The summed E-state index contributed by atoms with van der Waals surface area (Å²) in [4.78, 5) is 16.2. The minimum absolute atomic E-state index is 0.0592. The third-order valence-corrected chi connectivity index (χ3v) is 4.67. The van der Waals surface area contributed by atoms with E-state index < -0.39 is 6.29 Å². The summed E-state index contributed by atoms with van der Waals surface area (Å²) in [6, 6.07) is 5.98. The number of carbonyl (C=O) groups excluding carboxylic acids is 1. The van der Waals surface area contributed by atoms with E-state index in [2.05, 4.69) is 19.8 Å². The summed E-state index contributed by atoms with van der Waals surface area (Å²) in [6.45, 7) is 1.90. The van der Waals surface area contributed by atoms with Crippen LogP contribution in [-0.4, -0.2) is 17.2 Å². The zero-order chi connectivity index (χ0) is 17.8. The third kappa shape index (κ3) is 3.00. The van der Waals surface area contributed by atoms with Gasteiger partial charge >= 0.3 is 6.29 Å². The Bertz CT molecular complexity index is 867. The van der Waals surface area contributed by atoms with Crippen LogP contribution in [0.2, 0.25) is 5.02 Å². The number of anilines is 1. The number of hydrogen-bond donors (Lipinski definition) is 1. The molecule has 1 N–H and O–H groups in total. The highest BCUT2D eigenvalue weighted by atomic mass is 35.5. The van der Waals surface area contributed by atoms with Crippen LogP contribution in [0.1, 0.15) is 19.8 Å². The molecule has 0 bridgehead atoms. The molecule has 0 spiro atoms. The van der Waals surface area contributed by atoms with E-state index in [-0.39, 0.29) is 27.8 Å². The van der Waals surface area contributed by atoms with E-state index in [4.69, 9.17) is 11.6 Å². The summed E-state index contributed by atoms with van der Waals surface area (Å²) in [7, 11) is 0. The summed E-state index contributed by atoms with van der Waals surface area (Å²) in [5.41, 5.74) is 0.773. The molecule has 1 saturated carbocycles. The molecule has 4 rings (SSSR count). The van der Waals surface area contributed by atoms with Crippen LogP contribution in [0.5, 0.6) is 11.5 Å². The first kappa shape index (κ1) is 16.1. The van der Waals surface area contributed by atoms with Crippen molar-refractivity contribution in [2.45, 2.75) is 26.1 Å². The van der Waals surface area contributed by atoms with Crippen LogP contribution in [0.25, 0.3) is 11.1 Å². The lowest BCUT2D eigenvalue weighted by Gasteiger charge is -2.10. The molecule has 1 amide bonds. The molecule has 0 saturated heterocycles. The van der Waals surface area contributed by atoms with Gasteiger partial charge in [-0.15, -0.1) is 8.78 Å². The lowest BCUT2D eigenvalue weighted by atomic mass is 10.1. The van der Waals surface area contributed by atoms with Gasteiger partial charge in [0.05, 0.1) is 5.02 Å². The molecule has 2 aromatic rings. The number of halogens is 3. The largest absolute Gasteiger partial charge is 0.586 e. The fraction of sp³-hybridized carbons (Fsp3) is 0.294. The summed E-state index contributed by atoms with van der Waals surface area (Å²) >= 11 is 6.15. The van der Waals surface area contributed by atoms with E-state index in [0.29, 0.717) is 16.9 Å². The number of nitrogens with one attached hydrogen (secondary N) is 1.